The number of ether oxygens (including phenoxy) is 1. The Hall–Kier alpha value is -1.64. The molecule has 0 bridgehead atoms. The number of halogens is 3. The van der Waals surface area contributed by atoms with Crippen molar-refractivity contribution in [3.63, 3.8) is 0 Å². The SMILES string of the molecule is Nc1nc2c(-c3c(Cl)cc4c(c3Cl)OCC[C@@H]3CNCCN3C4)ccc(F)c2s1. The van der Waals surface area contributed by atoms with Crippen LogP contribution in [0.4, 0.5) is 9.52 Å². The van der Waals surface area contributed by atoms with Crippen LogP contribution in [-0.4, -0.2) is 42.2 Å². The molecular formula is C20H19Cl2FN4OS. The molecule has 2 aliphatic rings. The van der Waals surface area contributed by atoms with Gasteiger partial charge in [-0.1, -0.05) is 34.5 Å². The summed E-state index contributed by atoms with van der Waals surface area (Å²) in [4.78, 5) is 6.76. The number of nitrogen functional groups attached to an aromatic ring is 1. The fourth-order valence-electron chi connectivity index (χ4n) is 4.18. The van der Waals surface area contributed by atoms with E-state index in [1.54, 1.807) is 6.07 Å². The molecule has 2 aliphatic heterocycles. The molecule has 0 spiro atoms. The summed E-state index contributed by atoms with van der Waals surface area (Å²) in [5.41, 5.74) is 8.51. The third kappa shape index (κ3) is 3.35. The summed E-state index contributed by atoms with van der Waals surface area (Å²) in [7, 11) is 0. The molecule has 0 amide bonds. The van der Waals surface area contributed by atoms with Crippen molar-refractivity contribution in [2.45, 2.75) is 19.0 Å². The third-order valence-electron chi connectivity index (χ3n) is 5.57. The quantitative estimate of drug-likeness (QED) is 0.566. The van der Waals surface area contributed by atoms with Crippen LogP contribution in [0.3, 0.4) is 0 Å². The Balaban J connectivity index is 1.65. The van der Waals surface area contributed by atoms with Crippen LogP contribution in [-0.2, 0) is 6.54 Å². The molecule has 3 heterocycles. The smallest absolute Gasteiger partial charge is 0.181 e. The van der Waals surface area contributed by atoms with Gasteiger partial charge in [-0.2, -0.15) is 0 Å². The summed E-state index contributed by atoms with van der Waals surface area (Å²) in [5.74, 6) is 0.279. The van der Waals surface area contributed by atoms with E-state index >= 15 is 0 Å². The van der Waals surface area contributed by atoms with E-state index in [-0.39, 0.29) is 5.82 Å². The van der Waals surface area contributed by atoms with Crippen LogP contribution in [0.25, 0.3) is 21.3 Å². The molecule has 5 nitrogen and oxygen atoms in total. The number of rotatable bonds is 1. The van der Waals surface area contributed by atoms with Crippen molar-refractivity contribution in [3.05, 3.63) is 39.6 Å². The number of benzene rings is 2. The maximum absolute atomic E-state index is 14.2. The molecule has 1 aromatic heterocycles. The monoisotopic (exact) mass is 452 g/mol. The first-order valence-electron chi connectivity index (χ1n) is 9.46. The van der Waals surface area contributed by atoms with Gasteiger partial charge in [0.2, 0.25) is 0 Å². The van der Waals surface area contributed by atoms with Gasteiger partial charge in [0.25, 0.3) is 0 Å². The Bertz CT molecular complexity index is 1110. The molecule has 5 rings (SSSR count). The van der Waals surface area contributed by atoms with Gasteiger partial charge >= 0.3 is 0 Å². The number of nitrogens with zero attached hydrogens (tertiary/aromatic N) is 2. The zero-order valence-electron chi connectivity index (χ0n) is 15.5. The minimum absolute atomic E-state index is 0.297. The molecule has 3 N–H and O–H groups in total. The summed E-state index contributed by atoms with van der Waals surface area (Å²) < 4.78 is 20.7. The maximum Gasteiger partial charge on any atom is 0.181 e. The van der Waals surface area contributed by atoms with Gasteiger partial charge in [0, 0.05) is 48.9 Å². The first kappa shape index (κ1) is 19.3. The van der Waals surface area contributed by atoms with Gasteiger partial charge in [0.1, 0.15) is 11.6 Å². The van der Waals surface area contributed by atoms with Gasteiger partial charge in [-0.15, -0.1) is 0 Å². The van der Waals surface area contributed by atoms with E-state index in [2.05, 4.69) is 15.2 Å². The summed E-state index contributed by atoms with van der Waals surface area (Å²) >= 11 is 14.6. The van der Waals surface area contributed by atoms with Crippen LogP contribution < -0.4 is 15.8 Å². The number of aromatic nitrogens is 1. The van der Waals surface area contributed by atoms with Crippen molar-refractivity contribution >= 4 is 49.9 Å². The van der Waals surface area contributed by atoms with E-state index in [1.165, 1.54) is 6.07 Å². The average Bonchev–Trinajstić information content (AvgIpc) is 3.07. The minimum atomic E-state index is -0.363. The zero-order valence-corrected chi connectivity index (χ0v) is 17.8. The standard InChI is InChI=1S/C20H19Cl2FN4OS/c21-13-7-10-9-27-5-4-25-8-11(27)3-6-28-18(10)16(22)15(13)12-1-2-14(23)19-17(12)26-20(24)29-19/h1-2,7,11,25H,3-6,8-9H2,(H2,24,26)/t11-/m1/s1. The normalized spacial score (nSPS) is 19.9. The maximum atomic E-state index is 14.2. The van der Waals surface area contributed by atoms with E-state index < -0.39 is 0 Å². The van der Waals surface area contributed by atoms with Gasteiger partial charge in [0.05, 0.1) is 26.9 Å². The summed E-state index contributed by atoms with van der Waals surface area (Å²) in [5, 5.41) is 4.65. The molecule has 9 heteroatoms. The highest BCUT2D eigenvalue weighted by Crippen LogP contribution is 2.47. The van der Waals surface area contributed by atoms with Gasteiger partial charge in [-0.25, -0.2) is 9.37 Å². The molecule has 3 aromatic rings. The topological polar surface area (TPSA) is 63.4 Å². The molecule has 0 unspecified atom stereocenters. The fourth-order valence-corrected chi connectivity index (χ4v) is 5.70. The number of hydrogen-bond donors (Lipinski definition) is 2. The Morgan fingerprint density at radius 2 is 2.21 bits per heavy atom. The fraction of sp³-hybridized carbons (Fsp3) is 0.350. The zero-order chi connectivity index (χ0) is 20.1. The van der Waals surface area contributed by atoms with Crippen LogP contribution >= 0.6 is 34.5 Å². The summed E-state index contributed by atoms with van der Waals surface area (Å²) in [6.07, 6.45) is 0.921. The van der Waals surface area contributed by atoms with Crippen LogP contribution in [0.15, 0.2) is 18.2 Å². The lowest BCUT2D eigenvalue weighted by Crippen LogP contribution is -2.51. The number of nitrogens with one attached hydrogen (secondary N) is 1. The lowest BCUT2D eigenvalue weighted by Gasteiger charge is -2.38. The lowest BCUT2D eigenvalue weighted by molar-refractivity contribution is 0.115. The number of hydrogen-bond acceptors (Lipinski definition) is 6. The van der Waals surface area contributed by atoms with Gasteiger partial charge in [-0.3, -0.25) is 4.90 Å². The highest BCUT2D eigenvalue weighted by atomic mass is 35.5. The van der Waals surface area contributed by atoms with Crippen molar-refractivity contribution in [2.75, 3.05) is 32.0 Å². The number of anilines is 1. The van der Waals surface area contributed by atoms with Crippen LogP contribution in [0.1, 0.15) is 12.0 Å². The molecule has 29 heavy (non-hydrogen) atoms. The van der Waals surface area contributed by atoms with Gasteiger partial charge < -0.3 is 15.8 Å². The first-order chi connectivity index (χ1) is 14.0. The number of nitrogens with two attached hydrogens (primary N) is 1. The van der Waals surface area contributed by atoms with Crippen LogP contribution in [0.5, 0.6) is 5.75 Å². The average molecular weight is 453 g/mol. The second-order valence-electron chi connectivity index (χ2n) is 7.33. The Morgan fingerprint density at radius 3 is 3.07 bits per heavy atom. The van der Waals surface area contributed by atoms with E-state index in [9.17, 15) is 4.39 Å². The van der Waals surface area contributed by atoms with Crippen LogP contribution in [0, 0.1) is 5.82 Å². The predicted molar refractivity (Wildman–Crippen MR) is 117 cm³/mol. The molecule has 1 saturated heterocycles. The molecule has 0 saturated carbocycles. The van der Waals surface area contributed by atoms with Gasteiger partial charge in [-0.05, 0) is 24.6 Å². The Morgan fingerprint density at radius 1 is 1.34 bits per heavy atom. The third-order valence-corrected chi connectivity index (χ3v) is 7.13. The summed E-state index contributed by atoms with van der Waals surface area (Å²) in [6.45, 7) is 4.18. The lowest BCUT2D eigenvalue weighted by atomic mass is 9.99. The van der Waals surface area contributed by atoms with Crippen molar-refractivity contribution in [3.8, 4) is 16.9 Å². The molecule has 0 aliphatic carbocycles. The number of thiazole rings is 1. The number of fused-ring (bicyclic) bond motifs is 3. The summed E-state index contributed by atoms with van der Waals surface area (Å²) in [6, 6.07) is 5.38. The van der Waals surface area contributed by atoms with Crippen molar-refractivity contribution in [2.24, 2.45) is 0 Å². The van der Waals surface area contributed by atoms with E-state index in [0.29, 0.717) is 54.9 Å². The first-order valence-corrected chi connectivity index (χ1v) is 11.0. The van der Waals surface area contributed by atoms with Crippen molar-refractivity contribution < 1.29 is 9.13 Å². The van der Waals surface area contributed by atoms with Gasteiger partial charge in [0.15, 0.2) is 5.13 Å². The molecule has 1 fully saturated rings. The molecule has 1 atom stereocenters. The van der Waals surface area contributed by atoms with Crippen molar-refractivity contribution in [1.82, 2.24) is 15.2 Å². The number of piperazine rings is 1. The molecule has 0 radical (unpaired) electrons. The second kappa shape index (κ2) is 7.56. The second-order valence-corrected chi connectivity index (χ2v) is 9.14. The minimum Gasteiger partial charge on any atom is -0.492 e. The van der Waals surface area contributed by atoms with E-state index in [1.807, 2.05) is 6.07 Å². The highest BCUT2D eigenvalue weighted by molar-refractivity contribution is 7.22. The Kier molecular flexibility index (Phi) is 5.04. The van der Waals surface area contributed by atoms with E-state index in [4.69, 9.17) is 33.7 Å². The van der Waals surface area contributed by atoms with Crippen LogP contribution in [0.2, 0.25) is 10.0 Å². The predicted octanol–water partition coefficient (Wildman–Crippen LogP) is 4.55. The molecule has 2 aromatic carbocycles. The Labute approximate surface area is 181 Å². The molecule has 152 valence electrons. The highest BCUT2D eigenvalue weighted by Gasteiger charge is 2.28. The largest absolute Gasteiger partial charge is 0.492 e. The molecular weight excluding hydrogens is 434 g/mol. The van der Waals surface area contributed by atoms with Crippen molar-refractivity contribution in [1.29, 1.82) is 0 Å². The van der Waals surface area contributed by atoms with E-state index in [0.717, 1.165) is 49.5 Å².